The summed E-state index contributed by atoms with van der Waals surface area (Å²) in [6.45, 7) is 2.86. The maximum absolute atomic E-state index is 12.6. The van der Waals surface area contributed by atoms with Gasteiger partial charge in [-0.25, -0.2) is 4.39 Å². The van der Waals surface area contributed by atoms with E-state index in [0.717, 1.165) is 0 Å². The molecule has 50 valence electrons. The van der Waals surface area contributed by atoms with Crippen LogP contribution in [0.3, 0.4) is 0 Å². The predicted molar refractivity (Wildman–Crippen MR) is 30.2 cm³/mol. The van der Waals surface area contributed by atoms with Crippen LogP contribution in [0.2, 0.25) is 0 Å². The fraction of sp³-hybridized carbons (Fsp3) is 1.00. The average Bonchev–Trinajstić information content (AvgIpc) is 1.67. The van der Waals surface area contributed by atoms with Crippen molar-refractivity contribution in [2.45, 2.75) is 25.7 Å². The van der Waals surface area contributed by atoms with Crippen LogP contribution < -0.4 is 5.73 Å². The predicted octanol–water partition coefficient (Wildman–Crippen LogP) is 0.666. The highest BCUT2D eigenvalue weighted by atomic mass is 19.2. The molecule has 0 amide bonds. The number of nitrogens with two attached hydrogens (primary N) is 1. The lowest BCUT2D eigenvalue weighted by molar-refractivity contribution is -0.119. The molecule has 0 rings (SSSR count). The summed E-state index contributed by atoms with van der Waals surface area (Å²) in [6, 6.07) is -0.576. The molecule has 0 bridgehead atoms. The van der Waals surface area contributed by atoms with E-state index < -0.39 is 11.9 Å². The zero-order valence-corrected chi connectivity index (χ0v) is 5.44. The largest absolute Gasteiger partial charge is 0.348 e. The van der Waals surface area contributed by atoms with Gasteiger partial charge in [-0.3, -0.25) is 0 Å². The van der Waals surface area contributed by atoms with Crippen LogP contribution in [0, 0.1) is 0 Å². The maximum atomic E-state index is 12.6. The molecule has 0 saturated carbocycles. The molecule has 2 nitrogen and oxygen atoms in total. The van der Waals surface area contributed by atoms with E-state index in [0.29, 0.717) is 0 Å². The van der Waals surface area contributed by atoms with Gasteiger partial charge in [-0.05, 0) is 13.8 Å². The van der Waals surface area contributed by atoms with Gasteiger partial charge < -0.3 is 10.5 Å². The van der Waals surface area contributed by atoms with Crippen molar-refractivity contribution in [3.05, 3.63) is 0 Å². The molecule has 0 fully saturated rings. The zero-order valence-electron chi connectivity index (χ0n) is 5.44. The molecule has 0 heterocycles. The van der Waals surface area contributed by atoms with Crippen molar-refractivity contribution in [3.63, 3.8) is 0 Å². The number of halogens is 1. The van der Waals surface area contributed by atoms with E-state index in [1.807, 2.05) is 0 Å². The lowest BCUT2D eigenvalue weighted by Gasteiger charge is -2.21. The third-order valence-electron chi connectivity index (χ3n) is 1.21. The Bertz CT molecular complexity index is 72.8. The summed E-state index contributed by atoms with van der Waals surface area (Å²) in [5.41, 5.74) is 5.18. The third kappa shape index (κ3) is 1.76. The van der Waals surface area contributed by atoms with Gasteiger partial charge in [-0.15, -0.1) is 0 Å². The minimum Gasteiger partial charge on any atom is -0.348 e. The van der Waals surface area contributed by atoms with Gasteiger partial charge in [0, 0.05) is 7.11 Å². The van der Waals surface area contributed by atoms with Crippen LogP contribution in [0.5, 0.6) is 0 Å². The van der Waals surface area contributed by atoms with Gasteiger partial charge in [0.05, 0.1) is 6.04 Å². The smallest absolute Gasteiger partial charge is 0.221 e. The first-order chi connectivity index (χ1) is 3.50. The highest BCUT2D eigenvalue weighted by Gasteiger charge is 2.26. The Morgan fingerprint density at radius 2 is 2.12 bits per heavy atom. The molecule has 0 spiro atoms. The molecule has 0 aliphatic heterocycles. The first kappa shape index (κ1) is 7.85. The summed E-state index contributed by atoms with van der Waals surface area (Å²) in [7, 11) is 1.30. The van der Waals surface area contributed by atoms with Crippen LogP contribution in [0.15, 0.2) is 0 Å². The molecular weight excluding hydrogens is 109 g/mol. The first-order valence-electron chi connectivity index (χ1n) is 2.50. The van der Waals surface area contributed by atoms with E-state index in [-0.39, 0.29) is 0 Å². The van der Waals surface area contributed by atoms with Crippen molar-refractivity contribution in [1.29, 1.82) is 0 Å². The highest BCUT2D eigenvalue weighted by molar-refractivity contribution is 4.70. The number of hydrogen-bond donors (Lipinski definition) is 1. The molecule has 2 unspecified atom stereocenters. The second-order valence-electron chi connectivity index (χ2n) is 1.98. The molecule has 0 aliphatic carbocycles. The van der Waals surface area contributed by atoms with Crippen LogP contribution in [0.1, 0.15) is 13.8 Å². The van der Waals surface area contributed by atoms with Crippen molar-refractivity contribution >= 4 is 0 Å². The lowest BCUT2D eigenvalue weighted by Crippen LogP contribution is -2.40. The molecule has 0 aromatic carbocycles. The molecule has 0 aromatic rings. The lowest BCUT2D eigenvalue weighted by atomic mass is 10.2. The monoisotopic (exact) mass is 121 g/mol. The molecule has 2 N–H and O–H groups in total. The topological polar surface area (TPSA) is 35.2 Å². The van der Waals surface area contributed by atoms with Crippen LogP contribution in [-0.2, 0) is 4.74 Å². The minimum absolute atomic E-state index is 0.576. The van der Waals surface area contributed by atoms with Gasteiger partial charge in [-0.1, -0.05) is 0 Å². The Labute approximate surface area is 48.8 Å². The van der Waals surface area contributed by atoms with Gasteiger partial charge >= 0.3 is 0 Å². The first-order valence-corrected chi connectivity index (χ1v) is 2.50. The summed E-state index contributed by atoms with van der Waals surface area (Å²) < 4.78 is 17.0. The zero-order chi connectivity index (χ0) is 6.78. The molecule has 0 aliphatic rings. The van der Waals surface area contributed by atoms with E-state index in [4.69, 9.17) is 5.73 Å². The van der Waals surface area contributed by atoms with E-state index in [1.165, 1.54) is 14.0 Å². The number of ether oxygens (including phenoxy) is 1. The van der Waals surface area contributed by atoms with Crippen LogP contribution >= 0.6 is 0 Å². The normalized spacial score (nSPS) is 22.1. The molecular formula is C5H12FNO. The third-order valence-corrected chi connectivity index (χ3v) is 1.21. The Hall–Kier alpha value is -0.150. The molecule has 2 atom stereocenters. The second kappa shape index (κ2) is 2.42. The summed E-state index contributed by atoms with van der Waals surface area (Å²) in [4.78, 5) is 0. The highest BCUT2D eigenvalue weighted by Crippen LogP contribution is 2.13. The molecule has 0 radical (unpaired) electrons. The number of rotatable bonds is 2. The van der Waals surface area contributed by atoms with Crippen LogP contribution in [-0.4, -0.2) is 19.0 Å². The van der Waals surface area contributed by atoms with E-state index in [2.05, 4.69) is 4.74 Å². The van der Waals surface area contributed by atoms with Crippen LogP contribution in [0.25, 0.3) is 0 Å². The van der Waals surface area contributed by atoms with Crippen molar-refractivity contribution in [3.8, 4) is 0 Å². The summed E-state index contributed by atoms with van der Waals surface area (Å²) in [5, 5.41) is 0. The standard InChI is InChI=1S/C5H12FNO/c1-4(7)5(2,6)8-3/h4H,7H2,1-3H3. The summed E-state index contributed by atoms with van der Waals surface area (Å²) in [6.07, 6.45) is 0. The summed E-state index contributed by atoms with van der Waals surface area (Å²) in [5.74, 6) is -1.68. The number of alkyl halides is 1. The maximum Gasteiger partial charge on any atom is 0.221 e. The van der Waals surface area contributed by atoms with Crippen molar-refractivity contribution in [1.82, 2.24) is 0 Å². The fourth-order valence-corrected chi connectivity index (χ4v) is 0.186. The van der Waals surface area contributed by atoms with Crippen molar-refractivity contribution < 1.29 is 9.13 Å². The Kier molecular flexibility index (Phi) is 2.37. The van der Waals surface area contributed by atoms with Crippen molar-refractivity contribution in [2.24, 2.45) is 5.73 Å². The Balaban J connectivity index is 3.71. The fourth-order valence-electron chi connectivity index (χ4n) is 0.186. The number of hydrogen-bond acceptors (Lipinski definition) is 2. The molecule has 3 heteroatoms. The van der Waals surface area contributed by atoms with Crippen molar-refractivity contribution in [2.75, 3.05) is 7.11 Å². The van der Waals surface area contributed by atoms with Gasteiger partial charge in [0.25, 0.3) is 0 Å². The molecule has 0 aromatic heterocycles. The van der Waals surface area contributed by atoms with Gasteiger partial charge in [-0.2, -0.15) is 0 Å². The molecule has 8 heavy (non-hydrogen) atoms. The van der Waals surface area contributed by atoms with E-state index in [9.17, 15) is 4.39 Å². The summed E-state index contributed by atoms with van der Waals surface area (Å²) >= 11 is 0. The van der Waals surface area contributed by atoms with Crippen LogP contribution in [0.4, 0.5) is 4.39 Å². The van der Waals surface area contributed by atoms with Gasteiger partial charge in [0.2, 0.25) is 5.85 Å². The minimum atomic E-state index is -1.68. The van der Waals surface area contributed by atoms with Gasteiger partial charge in [0.15, 0.2) is 0 Å². The van der Waals surface area contributed by atoms with E-state index >= 15 is 0 Å². The second-order valence-corrected chi connectivity index (χ2v) is 1.98. The SMILES string of the molecule is COC(C)(F)C(C)N. The molecule has 0 saturated heterocycles. The quantitative estimate of drug-likeness (QED) is 0.582. The van der Waals surface area contributed by atoms with E-state index in [1.54, 1.807) is 6.92 Å². The Morgan fingerprint density at radius 3 is 2.12 bits per heavy atom. The Morgan fingerprint density at radius 1 is 1.75 bits per heavy atom. The average molecular weight is 121 g/mol. The van der Waals surface area contributed by atoms with Gasteiger partial charge in [0.1, 0.15) is 0 Å². The number of methoxy groups -OCH3 is 1.